The molecule has 0 atom stereocenters. The predicted octanol–water partition coefficient (Wildman–Crippen LogP) is 5.92. The predicted molar refractivity (Wildman–Crippen MR) is 102 cm³/mol. The van der Waals surface area contributed by atoms with E-state index in [1.54, 1.807) is 0 Å². The van der Waals surface area contributed by atoms with Crippen molar-refractivity contribution in [2.45, 2.75) is 58.2 Å². The molecule has 0 aliphatic rings. The fourth-order valence-corrected chi connectivity index (χ4v) is 8.66. The lowest BCUT2D eigenvalue weighted by Crippen LogP contribution is -2.43. The zero-order valence-corrected chi connectivity index (χ0v) is 15.8. The lowest BCUT2D eigenvalue weighted by Gasteiger charge is -2.38. The molecule has 1 aromatic rings. The molecular formula is C21H28Si. The summed E-state index contributed by atoms with van der Waals surface area (Å²) in [4.78, 5) is 0. The molecule has 0 radical (unpaired) electrons. The number of rotatable bonds is 4. The lowest BCUT2D eigenvalue weighted by atomic mass is 10.1. The molecule has 0 fully saturated rings. The van der Waals surface area contributed by atoms with Gasteiger partial charge in [-0.05, 0) is 28.3 Å². The van der Waals surface area contributed by atoms with E-state index < -0.39 is 8.07 Å². The smallest absolute Gasteiger partial charge is 0.124 e. The molecule has 0 aromatic heterocycles. The van der Waals surface area contributed by atoms with Gasteiger partial charge in [0.15, 0.2) is 0 Å². The van der Waals surface area contributed by atoms with Crippen LogP contribution in [0.4, 0.5) is 0 Å². The minimum Gasteiger partial charge on any atom is -0.124 e. The zero-order chi connectivity index (χ0) is 16.8. The Morgan fingerprint density at radius 1 is 0.955 bits per heavy atom. The number of hydrogen-bond acceptors (Lipinski definition) is 0. The van der Waals surface area contributed by atoms with Gasteiger partial charge >= 0.3 is 0 Å². The molecule has 116 valence electrons. The van der Waals surface area contributed by atoms with Crippen LogP contribution < -0.4 is 0 Å². The van der Waals surface area contributed by atoms with Gasteiger partial charge < -0.3 is 0 Å². The second-order valence-electron chi connectivity index (χ2n) is 6.76. The standard InChI is InChI=1S/C21H28Si/c1-8-20(16-21-12-10-9-11-13-21)14-15-22(17(2)3,18(4)5)19(6)7/h1,9-13,16-19H,2-7H3/b20-16+. The summed E-state index contributed by atoms with van der Waals surface area (Å²) in [7, 11) is -1.72. The summed E-state index contributed by atoms with van der Waals surface area (Å²) in [6, 6.07) is 10.1. The Balaban J connectivity index is 3.27. The summed E-state index contributed by atoms with van der Waals surface area (Å²) < 4.78 is 0. The van der Waals surface area contributed by atoms with Gasteiger partial charge in [-0.25, -0.2) is 0 Å². The average molecular weight is 309 g/mol. The second-order valence-corrected chi connectivity index (χ2v) is 12.3. The number of hydrogen-bond donors (Lipinski definition) is 0. The molecular weight excluding hydrogens is 280 g/mol. The fourth-order valence-electron chi connectivity index (χ4n) is 3.44. The molecule has 0 spiro atoms. The van der Waals surface area contributed by atoms with E-state index in [2.05, 4.69) is 71.1 Å². The highest BCUT2D eigenvalue weighted by Crippen LogP contribution is 2.40. The van der Waals surface area contributed by atoms with E-state index in [1.807, 2.05) is 24.3 Å². The fraction of sp³-hybridized carbons (Fsp3) is 0.429. The Labute approximate surface area is 138 Å². The van der Waals surface area contributed by atoms with Gasteiger partial charge in [-0.15, -0.1) is 12.0 Å². The Morgan fingerprint density at radius 3 is 1.86 bits per heavy atom. The summed E-state index contributed by atoms with van der Waals surface area (Å²) in [6.45, 7) is 13.9. The third kappa shape index (κ3) is 4.16. The molecule has 0 amide bonds. The topological polar surface area (TPSA) is 0 Å². The van der Waals surface area contributed by atoms with Gasteiger partial charge in [-0.2, -0.15) is 0 Å². The molecule has 0 unspecified atom stereocenters. The van der Waals surface area contributed by atoms with Crippen LogP contribution in [0.1, 0.15) is 47.1 Å². The van der Waals surface area contributed by atoms with Gasteiger partial charge in [0.05, 0.1) is 5.57 Å². The van der Waals surface area contributed by atoms with Crippen LogP contribution in [0.5, 0.6) is 0 Å². The highest BCUT2D eigenvalue weighted by Gasteiger charge is 2.41. The maximum absolute atomic E-state index is 5.67. The maximum atomic E-state index is 5.67. The van der Waals surface area contributed by atoms with E-state index in [4.69, 9.17) is 6.42 Å². The van der Waals surface area contributed by atoms with Crippen LogP contribution >= 0.6 is 0 Å². The third-order valence-electron chi connectivity index (χ3n) is 4.55. The van der Waals surface area contributed by atoms with Crippen molar-refractivity contribution in [3.8, 4) is 23.8 Å². The quantitative estimate of drug-likeness (QED) is 0.478. The monoisotopic (exact) mass is 308 g/mol. The molecule has 0 N–H and O–H groups in total. The first-order valence-corrected chi connectivity index (χ1v) is 10.3. The van der Waals surface area contributed by atoms with Gasteiger partial charge in [0, 0.05) is 0 Å². The molecule has 0 aliphatic heterocycles. The van der Waals surface area contributed by atoms with E-state index >= 15 is 0 Å². The van der Waals surface area contributed by atoms with Crippen LogP contribution in [0, 0.1) is 23.8 Å². The van der Waals surface area contributed by atoms with Crippen molar-refractivity contribution in [1.29, 1.82) is 0 Å². The molecule has 0 saturated carbocycles. The summed E-state index contributed by atoms with van der Waals surface area (Å²) >= 11 is 0. The van der Waals surface area contributed by atoms with Crippen molar-refractivity contribution in [3.05, 3.63) is 41.5 Å². The minimum absolute atomic E-state index is 0.621. The summed E-state index contributed by atoms with van der Waals surface area (Å²) in [5, 5.41) is 0. The lowest BCUT2D eigenvalue weighted by molar-refractivity contribution is 0.838. The summed E-state index contributed by atoms with van der Waals surface area (Å²) in [5.74, 6) is 6.09. The molecule has 22 heavy (non-hydrogen) atoms. The van der Waals surface area contributed by atoms with Crippen LogP contribution in [-0.2, 0) is 0 Å². The number of benzene rings is 1. The SMILES string of the molecule is C#C/C(C#C[Si](C(C)C)(C(C)C)C(C)C)=C\c1ccccc1. The van der Waals surface area contributed by atoms with Crippen LogP contribution in [0.15, 0.2) is 35.9 Å². The Kier molecular flexibility index (Phi) is 6.73. The molecule has 0 nitrogen and oxygen atoms in total. The molecule has 0 heterocycles. The average Bonchev–Trinajstić information content (AvgIpc) is 2.46. The summed E-state index contributed by atoms with van der Waals surface area (Å²) in [6.07, 6.45) is 7.68. The normalized spacial score (nSPS) is 12.3. The molecule has 1 rings (SSSR count). The zero-order valence-electron chi connectivity index (χ0n) is 14.8. The van der Waals surface area contributed by atoms with E-state index in [0.717, 1.165) is 11.1 Å². The van der Waals surface area contributed by atoms with Crippen molar-refractivity contribution < 1.29 is 0 Å². The van der Waals surface area contributed by atoms with E-state index in [9.17, 15) is 0 Å². The number of terminal acetylenes is 1. The van der Waals surface area contributed by atoms with Crippen LogP contribution in [0.3, 0.4) is 0 Å². The van der Waals surface area contributed by atoms with Crippen LogP contribution in [0.2, 0.25) is 16.6 Å². The van der Waals surface area contributed by atoms with Gasteiger partial charge in [0.25, 0.3) is 0 Å². The van der Waals surface area contributed by atoms with Gasteiger partial charge in [0.1, 0.15) is 8.07 Å². The van der Waals surface area contributed by atoms with Gasteiger partial charge in [-0.3, -0.25) is 0 Å². The van der Waals surface area contributed by atoms with Crippen molar-refractivity contribution in [2.24, 2.45) is 0 Å². The second kappa shape index (κ2) is 8.07. The minimum atomic E-state index is -1.72. The first-order valence-electron chi connectivity index (χ1n) is 8.11. The largest absolute Gasteiger partial charge is 0.146 e. The number of allylic oxidation sites excluding steroid dienone is 1. The van der Waals surface area contributed by atoms with E-state index in [0.29, 0.717) is 16.6 Å². The molecule has 0 bridgehead atoms. The van der Waals surface area contributed by atoms with Crippen molar-refractivity contribution in [1.82, 2.24) is 0 Å². The first kappa shape index (κ1) is 18.3. The maximum Gasteiger partial charge on any atom is 0.146 e. The molecule has 0 saturated heterocycles. The van der Waals surface area contributed by atoms with Gasteiger partial charge in [-0.1, -0.05) is 83.7 Å². The van der Waals surface area contributed by atoms with Crippen molar-refractivity contribution in [3.63, 3.8) is 0 Å². The van der Waals surface area contributed by atoms with E-state index in [-0.39, 0.29) is 0 Å². The van der Waals surface area contributed by atoms with Crippen molar-refractivity contribution >= 4 is 14.1 Å². The molecule has 1 heteroatoms. The Bertz CT molecular complexity index is 579. The highest BCUT2D eigenvalue weighted by atomic mass is 28.3. The molecule has 0 aliphatic carbocycles. The summed E-state index contributed by atoms with van der Waals surface area (Å²) in [5.41, 5.74) is 7.43. The Morgan fingerprint density at radius 2 is 1.45 bits per heavy atom. The molecule has 1 aromatic carbocycles. The van der Waals surface area contributed by atoms with E-state index in [1.165, 1.54) is 0 Å². The van der Waals surface area contributed by atoms with Crippen molar-refractivity contribution in [2.75, 3.05) is 0 Å². The Hall–Kier alpha value is -1.70. The first-order chi connectivity index (χ1) is 10.3. The third-order valence-corrected chi connectivity index (χ3v) is 10.8. The van der Waals surface area contributed by atoms with Crippen LogP contribution in [0.25, 0.3) is 6.08 Å². The van der Waals surface area contributed by atoms with Gasteiger partial charge in [0.2, 0.25) is 0 Å². The highest BCUT2D eigenvalue weighted by molar-refractivity contribution is 6.90. The van der Waals surface area contributed by atoms with Crippen LogP contribution in [-0.4, -0.2) is 8.07 Å².